The summed E-state index contributed by atoms with van der Waals surface area (Å²) in [6.45, 7) is 2.34. The number of aromatic nitrogens is 4. The Hall–Kier alpha value is -3.94. The predicted octanol–water partition coefficient (Wildman–Crippen LogP) is 3.74. The first-order valence-electron chi connectivity index (χ1n) is 9.08. The molecule has 0 radical (unpaired) electrons. The summed E-state index contributed by atoms with van der Waals surface area (Å²) in [6, 6.07) is 8.39. The van der Waals surface area contributed by atoms with Crippen LogP contribution in [0.25, 0.3) is 43.8 Å². The van der Waals surface area contributed by atoms with Crippen LogP contribution in [0.5, 0.6) is 5.75 Å². The number of aromatic amines is 2. The quantitative estimate of drug-likeness (QED) is 0.407. The zero-order valence-corrected chi connectivity index (χ0v) is 15.4. The molecule has 0 amide bonds. The van der Waals surface area contributed by atoms with Crippen LogP contribution in [0.3, 0.4) is 0 Å². The number of fused-ring (bicyclic) bond motifs is 4. The second kappa shape index (κ2) is 6.30. The molecule has 0 saturated heterocycles. The van der Waals surface area contributed by atoms with Crippen molar-refractivity contribution < 1.29 is 9.13 Å². The Morgan fingerprint density at radius 1 is 1.17 bits per heavy atom. The summed E-state index contributed by atoms with van der Waals surface area (Å²) in [5, 5.41) is 8.56. The number of pyridine rings is 2. The lowest BCUT2D eigenvalue weighted by molar-refractivity contribution is 0.344. The maximum Gasteiger partial charge on any atom is 0.272 e. The van der Waals surface area contributed by atoms with Gasteiger partial charge >= 0.3 is 0 Å². The summed E-state index contributed by atoms with van der Waals surface area (Å²) in [5.74, 6) is 0.146. The lowest BCUT2D eigenvalue weighted by Crippen LogP contribution is -2.14. The Balaban J connectivity index is 2.00. The fourth-order valence-electron chi connectivity index (χ4n) is 3.77. The maximum atomic E-state index is 14.2. The van der Waals surface area contributed by atoms with Crippen LogP contribution in [0, 0.1) is 5.82 Å². The number of rotatable bonds is 3. The molecule has 0 saturated carbocycles. The van der Waals surface area contributed by atoms with E-state index in [0.717, 1.165) is 5.39 Å². The van der Waals surface area contributed by atoms with E-state index in [1.807, 2.05) is 19.1 Å². The Morgan fingerprint density at radius 3 is 2.86 bits per heavy atom. The van der Waals surface area contributed by atoms with E-state index in [0.29, 0.717) is 45.3 Å². The lowest BCUT2D eigenvalue weighted by Gasteiger charge is -2.15. The van der Waals surface area contributed by atoms with Gasteiger partial charge in [0.2, 0.25) is 0 Å². The molecule has 5 rings (SSSR count). The normalized spacial score (nSPS) is 11.5. The predicted molar refractivity (Wildman–Crippen MR) is 110 cm³/mol. The molecule has 144 valence electrons. The van der Waals surface area contributed by atoms with E-state index >= 15 is 0 Å². The molecule has 4 N–H and O–H groups in total. The van der Waals surface area contributed by atoms with Crippen molar-refractivity contribution in [2.75, 3.05) is 12.3 Å². The third kappa shape index (κ3) is 2.46. The van der Waals surface area contributed by atoms with Crippen LogP contribution in [0.4, 0.5) is 10.1 Å². The second-order valence-electron chi connectivity index (χ2n) is 6.63. The Kier molecular flexibility index (Phi) is 3.73. The van der Waals surface area contributed by atoms with E-state index in [4.69, 9.17) is 10.5 Å². The molecular weight excluding hydrogens is 373 g/mol. The number of ether oxygens (including phenoxy) is 1. The van der Waals surface area contributed by atoms with Crippen molar-refractivity contribution in [3.05, 3.63) is 58.9 Å². The fraction of sp³-hybridized carbons (Fsp3) is 0.0952. The summed E-state index contributed by atoms with van der Waals surface area (Å²) >= 11 is 0. The van der Waals surface area contributed by atoms with Crippen molar-refractivity contribution in [1.82, 2.24) is 20.2 Å². The molecule has 2 aromatic carbocycles. The number of hydrogen-bond acceptors (Lipinski definition) is 5. The molecule has 29 heavy (non-hydrogen) atoms. The number of hydrogen-bond donors (Lipinski definition) is 3. The summed E-state index contributed by atoms with van der Waals surface area (Å²) in [4.78, 5) is 20.0. The summed E-state index contributed by atoms with van der Waals surface area (Å²) in [6.07, 6.45) is 3.19. The second-order valence-corrected chi connectivity index (χ2v) is 6.63. The number of anilines is 1. The van der Waals surface area contributed by atoms with Crippen LogP contribution in [0.1, 0.15) is 6.92 Å². The highest BCUT2D eigenvalue weighted by molar-refractivity contribution is 6.15. The number of nitrogen functional groups attached to an aromatic ring is 1. The minimum atomic E-state index is -0.432. The Bertz CT molecular complexity index is 1470. The largest absolute Gasteiger partial charge is 0.492 e. The minimum absolute atomic E-state index is 0.0392. The van der Waals surface area contributed by atoms with Crippen LogP contribution in [-0.4, -0.2) is 26.8 Å². The first-order valence-corrected chi connectivity index (χ1v) is 9.08. The Labute approximate surface area is 163 Å². The van der Waals surface area contributed by atoms with Gasteiger partial charge in [0.15, 0.2) is 0 Å². The van der Waals surface area contributed by atoms with E-state index in [1.165, 1.54) is 12.3 Å². The molecule has 0 fully saturated rings. The highest BCUT2D eigenvalue weighted by Crippen LogP contribution is 2.40. The average Bonchev–Trinajstić information content (AvgIpc) is 3.22. The standard InChI is InChI=1S/C21H16FN5O2/c1-2-29-15-8-12-16(10-5-6-14(22)19-13(10)9-25-27-19)17(23)21(28)26-18(12)11-4-3-7-24-20(11)15/h3-9H,2,23H2,1H3,(H,25,27)(H,26,28). The summed E-state index contributed by atoms with van der Waals surface area (Å²) in [7, 11) is 0. The van der Waals surface area contributed by atoms with Gasteiger partial charge in [-0.1, -0.05) is 6.07 Å². The van der Waals surface area contributed by atoms with Crippen LogP contribution in [-0.2, 0) is 0 Å². The van der Waals surface area contributed by atoms with E-state index in [2.05, 4.69) is 20.2 Å². The van der Waals surface area contributed by atoms with Crippen LogP contribution >= 0.6 is 0 Å². The van der Waals surface area contributed by atoms with E-state index < -0.39 is 11.4 Å². The number of benzene rings is 2. The average molecular weight is 389 g/mol. The lowest BCUT2D eigenvalue weighted by atomic mass is 9.95. The van der Waals surface area contributed by atoms with Crippen molar-refractivity contribution in [2.45, 2.75) is 6.92 Å². The van der Waals surface area contributed by atoms with Gasteiger partial charge in [-0.05, 0) is 36.8 Å². The molecular formula is C21H16FN5O2. The van der Waals surface area contributed by atoms with Gasteiger partial charge in [0.25, 0.3) is 5.56 Å². The molecule has 0 bridgehead atoms. The third-order valence-corrected chi connectivity index (χ3v) is 5.01. The van der Waals surface area contributed by atoms with Gasteiger partial charge in [-0.2, -0.15) is 5.10 Å². The first kappa shape index (κ1) is 17.2. The van der Waals surface area contributed by atoms with E-state index in [1.54, 1.807) is 18.3 Å². The highest BCUT2D eigenvalue weighted by atomic mass is 19.1. The van der Waals surface area contributed by atoms with Crippen LogP contribution < -0.4 is 16.0 Å². The van der Waals surface area contributed by atoms with Gasteiger partial charge < -0.3 is 15.5 Å². The topological polar surface area (TPSA) is 110 Å². The SMILES string of the molecule is CCOc1cc2c(-c3ccc(F)c4[nH]ncc34)c(N)c(=O)[nH]c2c2cccnc12. The molecule has 5 aromatic rings. The molecule has 7 nitrogen and oxygen atoms in total. The van der Waals surface area contributed by atoms with Gasteiger partial charge in [0, 0.05) is 27.9 Å². The molecule has 0 atom stereocenters. The molecule has 0 spiro atoms. The fourth-order valence-corrected chi connectivity index (χ4v) is 3.77. The molecule has 0 aliphatic carbocycles. The maximum absolute atomic E-state index is 14.2. The highest BCUT2D eigenvalue weighted by Gasteiger charge is 2.20. The van der Waals surface area contributed by atoms with Crippen molar-refractivity contribution in [3.8, 4) is 16.9 Å². The third-order valence-electron chi connectivity index (χ3n) is 5.01. The number of nitrogens with one attached hydrogen (secondary N) is 2. The molecule has 0 aliphatic rings. The van der Waals surface area contributed by atoms with Crippen molar-refractivity contribution in [2.24, 2.45) is 0 Å². The van der Waals surface area contributed by atoms with Crippen LogP contribution in [0.15, 0.2) is 47.5 Å². The van der Waals surface area contributed by atoms with Gasteiger partial charge in [-0.15, -0.1) is 0 Å². The van der Waals surface area contributed by atoms with Gasteiger partial charge in [-0.25, -0.2) is 4.39 Å². The van der Waals surface area contributed by atoms with Gasteiger partial charge in [-0.3, -0.25) is 14.9 Å². The molecule has 3 aromatic heterocycles. The smallest absolute Gasteiger partial charge is 0.272 e. The summed E-state index contributed by atoms with van der Waals surface area (Å²) in [5.41, 5.74) is 8.42. The zero-order chi connectivity index (χ0) is 20.1. The molecule has 0 unspecified atom stereocenters. The minimum Gasteiger partial charge on any atom is -0.492 e. The van der Waals surface area contributed by atoms with Gasteiger partial charge in [0.1, 0.15) is 28.3 Å². The molecule has 3 heterocycles. The first-order chi connectivity index (χ1) is 14.1. The summed E-state index contributed by atoms with van der Waals surface area (Å²) < 4.78 is 20.0. The molecule has 8 heteroatoms. The number of halogens is 1. The monoisotopic (exact) mass is 389 g/mol. The number of nitrogens with two attached hydrogens (primary N) is 1. The number of H-pyrrole nitrogens is 2. The van der Waals surface area contributed by atoms with Crippen molar-refractivity contribution >= 4 is 38.4 Å². The van der Waals surface area contributed by atoms with E-state index in [-0.39, 0.29) is 11.2 Å². The van der Waals surface area contributed by atoms with Crippen molar-refractivity contribution in [3.63, 3.8) is 0 Å². The van der Waals surface area contributed by atoms with Crippen LogP contribution in [0.2, 0.25) is 0 Å². The molecule has 0 aliphatic heterocycles. The van der Waals surface area contributed by atoms with Gasteiger partial charge in [0.05, 0.1) is 18.3 Å². The van der Waals surface area contributed by atoms with E-state index in [9.17, 15) is 9.18 Å². The Morgan fingerprint density at radius 2 is 2.03 bits per heavy atom. The van der Waals surface area contributed by atoms with Crippen molar-refractivity contribution in [1.29, 1.82) is 0 Å². The zero-order valence-electron chi connectivity index (χ0n) is 15.4. The number of nitrogens with zero attached hydrogens (tertiary/aromatic N) is 2.